The second-order valence-corrected chi connectivity index (χ2v) is 13.6. The number of carbonyl (C=O) groups is 3. The number of aliphatic hydroxyl groups is 1. The van der Waals surface area contributed by atoms with E-state index in [0.29, 0.717) is 32.1 Å². The van der Waals surface area contributed by atoms with E-state index in [2.05, 4.69) is 15.9 Å². The van der Waals surface area contributed by atoms with Crippen molar-refractivity contribution in [1.82, 2.24) is 0 Å². The van der Waals surface area contributed by atoms with Gasteiger partial charge in [-0.3, -0.25) is 14.4 Å². The smallest absolute Gasteiger partial charge is 0.303 e. The maximum Gasteiger partial charge on any atom is 0.303 e. The highest BCUT2D eigenvalue weighted by Crippen LogP contribution is 2.36. The van der Waals surface area contributed by atoms with Crippen LogP contribution in [0.3, 0.4) is 0 Å². The molecular weight excluding hydrogens is 766 g/mol. The Morgan fingerprint density at radius 1 is 0.776 bits per heavy atom. The molecule has 0 aromatic carbocycles. The highest BCUT2D eigenvalue weighted by atomic mass is 16.8. The highest BCUT2D eigenvalue weighted by Gasteiger charge is 2.53. The Morgan fingerprint density at radius 2 is 1.36 bits per heavy atom. The van der Waals surface area contributed by atoms with Crippen molar-refractivity contribution in [2.45, 2.75) is 161 Å². The van der Waals surface area contributed by atoms with Crippen LogP contribution < -0.4 is 0 Å². The number of rotatable bonds is 25. The zero-order valence-corrected chi connectivity index (χ0v) is 34.2. The first-order chi connectivity index (χ1) is 28.0. The van der Waals surface area contributed by atoms with Crippen LogP contribution in [0, 0.1) is 12.3 Å². The molecule has 0 radical (unpaired) electrons. The molecule has 0 amide bonds. The molecule has 326 valence electrons. The maximum atomic E-state index is 12.4. The molecule has 11 atom stereocenters. The second-order valence-electron chi connectivity index (χ2n) is 13.6. The maximum absolute atomic E-state index is 12.4. The van der Waals surface area contributed by atoms with Gasteiger partial charge in [-0.1, -0.05) is 45.1 Å². The van der Waals surface area contributed by atoms with E-state index in [-0.39, 0.29) is 37.9 Å². The summed E-state index contributed by atoms with van der Waals surface area (Å²) >= 11 is 0. The zero-order chi connectivity index (χ0) is 42.5. The summed E-state index contributed by atoms with van der Waals surface area (Å²) in [6, 6.07) is -1.31. The fourth-order valence-corrected chi connectivity index (χ4v) is 6.09. The molecule has 3 heterocycles. The lowest BCUT2D eigenvalue weighted by Gasteiger charge is -2.47. The monoisotopic (exact) mass is 825 g/mol. The van der Waals surface area contributed by atoms with Crippen LogP contribution in [-0.4, -0.2) is 124 Å². The van der Waals surface area contributed by atoms with Gasteiger partial charge in [0.15, 0.2) is 35.9 Å². The number of azide groups is 1. The van der Waals surface area contributed by atoms with Crippen LogP contribution in [0.4, 0.5) is 0 Å². The van der Waals surface area contributed by atoms with E-state index in [9.17, 15) is 25.0 Å². The summed E-state index contributed by atoms with van der Waals surface area (Å²) in [7, 11) is 0. The molecule has 0 spiro atoms. The van der Waals surface area contributed by atoms with E-state index in [1.54, 1.807) is 0 Å². The van der Waals surface area contributed by atoms with Crippen LogP contribution in [0.5, 0.6) is 0 Å². The fourth-order valence-electron chi connectivity index (χ4n) is 6.09. The average molecular weight is 826 g/mol. The van der Waals surface area contributed by atoms with Crippen molar-refractivity contribution in [3.63, 3.8) is 0 Å². The van der Waals surface area contributed by atoms with Crippen LogP contribution in [0.25, 0.3) is 10.4 Å². The molecule has 1 fully saturated rings. The number of nitrogens with zero attached hydrogens (tertiary/aromatic N) is 3. The Morgan fingerprint density at radius 3 is 1.95 bits per heavy atom. The van der Waals surface area contributed by atoms with Crippen LogP contribution >= 0.6 is 0 Å². The van der Waals surface area contributed by atoms with Gasteiger partial charge in [-0.15, -0.1) is 12.3 Å². The molecule has 0 aromatic rings. The van der Waals surface area contributed by atoms with E-state index in [1.807, 2.05) is 20.8 Å². The number of hydrogen-bond donors (Lipinski definition) is 1. The number of aliphatic hydroxyl groups excluding tert-OH is 1. The molecule has 7 unspecified atom stereocenters. The van der Waals surface area contributed by atoms with Gasteiger partial charge in [0.1, 0.15) is 43.5 Å². The Bertz CT molecular complexity index is 1450. The van der Waals surface area contributed by atoms with Crippen molar-refractivity contribution >= 4 is 17.9 Å². The minimum Gasteiger partial charge on any atom is -0.506 e. The molecule has 3 aliphatic rings. The first-order valence-electron chi connectivity index (χ1n) is 19.8. The summed E-state index contributed by atoms with van der Waals surface area (Å²) in [5, 5.41) is 14.8. The molecule has 19 nitrogen and oxygen atoms in total. The Hall–Kier alpha value is -4.28. The van der Waals surface area contributed by atoms with E-state index >= 15 is 0 Å². The number of carbonyl (C=O) groups excluding carboxylic acids is 3. The van der Waals surface area contributed by atoms with Gasteiger partial charge in [-0.25, -0.2) is 0 Å². The van der Waals surface area contributed by atoms with E-state index < -0.39 is 92.2 Å². The fraction of sp³-hybridized carbons (Fsp3) is 0.769. The average Bonchev–Trinajstić information content (AvgIpc) is 3.18. The largest absolute Gasteiger partial charge is 0.506 e. The first kappa shape index (κ1) is 48.1. The molecule has 58 heavy (non-hydrogen) atoms. The highest BCUT2D eigenvalue weighted by molar-refractivity contribution is 5.67. The lowest BCUT2D eigenvalue weighted by atomic mass is 9.96. The number of terminal acetylenes is 1. The van der Waals surface area contributed by atoms with Gasteiger partial charge in [-0.2, -0.15) is 0 Å². The van der Waals surface area contributed by atoms with Gasteiger partial charge in [0.2, 0.25) is 18.9 Å². The van der Waals surface area contributed by atoms with E-state index in [4.69, 9.17) is 63.3 Å². The third-order valence-corrected chi connectivity index (χ3v) is 8.89. The molecular formula is C39H59N3O16. The molecule has 0 saturated carbocycles. The molecule has 3 rings (SSSR count). The third-order valence-electron chi connectivity index (χ3n) is 8.89. The van der Waals surface area contributed by atoms with Gasteiger partial charge in [0.25, 0.3) is 0 Å². The van der Waals surface area contributed by atoms with Crippen molar-refractivity contribution in [1.29, 1.82) is 0 Å². The number of ether oxygens (including phenoxy) is 12. The van der Waals surface area contributed by atoms with Gasteiger partial charge < -0.3 is 61.9 Å². The van der Waals surface area contributed by atoms with Crippen molar-refractivity contribution < 1.29 is 76.3 Å². The van der Waals surface area contributed by atoms with Crippen molar-refractivity contribution in [3.8, 4) is 12.3 Å². The molecule has 1 N–H and O–H groups in total. The molecule has 19 heteroatoms. The summed E-state index contributed by atoms with van der Waals surface area (Å²) < 4.78 is 72.0. The Kier molecular flexibility index (Phi) is 21.5. The van der Waals surface area contributed by atoms with Gasteiger partial charge in [0.05, 0.1) is 6.61 Å². The lowest BCUT2D eigenvalue weighted by Crippen LogP contribution is -2.63. The third kappa shape index (κ3) is 14.8. The predicted molar refractivity (Wildman–Crippen MR) is 202 cm³/mol. The summed E-state index contributed by atoms with van der Waals surface area (Å²) in [5.74, 6) is 0.224. The standard InChI is InChI=1S/C39H59N3O16/c1-8-12-16-20-50-38-36(55-26(7)45)32(48-18-14-10-3)28(23-53-38)56-37-30(41-42-40)34(49-19-15-11-4)33(29(57-37)22-51-24(5)43)58-39-35(54-25(6)44)31(27(46)21-52-39)47-17-13-9-2/h1,21,23,29-39,46H,9-20,22H2,2-7H3/t29?,30?,31?,32?,33-,34?,35?,36?,37-,38-,39+/m1/s1. The van der Waals surface area contributed by atoms with Crippen LogP contribution in [0.2, 0.25) is 0 Å². The summed E-state index contributed by atoms with van der Waals surface area (Å²) in [5.41, 5.74) is 9.88. The molecule has 0 aliphatic carbocycles. The molecule has 0 aromatic heterocycles. The number of esters is 3. The van der Waals surface area contributed by atoms with Crippen LogP contribution in [0.1, 0.15) is 92.9 Å². The number of unbranched alkanes of at least 4 members (excludes halogenated alkanes) is 4. The van der Waals surface area contributed by atoms with Crippen molar-refractivity contribution in [3.05, 3.63) is 34.5 Å². The topological polar surface area (TPSA) is 231 Å². The molecule has 3 aliphatic heterocycles. The number of hydrogen-bond acceptors (Lipinski definition) is 17. The predicted octanol–water partition coefficient (Wildman–Crippen LogP) is 5.16. The molecule has 0 bridgehead atoms. The minimum absolute atomic E-state index is 0.00472. The van der Waals surface area contributed by atoms with Gasteiger partial charge in [0, 0.05) is 51.9 Å². The zero-order valence-electron chi connectivity index (χ0n) is 34.2. The van der Waals surface area contributed by atoms with Crippen molar-refractivity contribution in [2.24, 2.45) is 5.11 Å². The quantitative estimate of drug-likeness (QED) is 0.0238. The second kappa shape index (κ2) is 25.9. The molecule has 1 saturated heterocycles. The normalized spacial score (nSPS) is 29.2. The summed E-state index contributed by atoms with van der Waals surface area (Å²) in [6.07, 6.45) is 0.535. The Labute approximate surface area is 339 Å². The summed E-state index contributed by atoms with van der Waals surface area (Å²) in [4.78, 5) is 39.9. The van der Waals surface area contributed by atoms with Crippen molar-refractivity contribution in [2.75, 3.05) is 33.0 Å². The summed E-state index contributed by atoms with van der Waals surface area (Å²) in [6.45, 7) is 9.94. The van der Waals surface area contributed by atoms with Crippen LogP contribution in [-0.2, 0) is 71.2 Å². The van der Waals surface area contributed by atoms with Gasteiger partial charge in [-0.05, 0) is 31.2 Å². The SMILES string of the molecule is C#CCCCO[C@@H]1OC=C(O[C@@H]2OC(COC(C)=O)[C@@H](O[C@@H]3OC=C(O)C(OCCCC)C3OC(C)=O)C(OCCCC)C2N=[N+]=[N-])C(OCCCC)C1OC(C)=O. The van der Waals surface area contributed by atoms with E-state index in [0.717, 1.165) is 25.5 Å². The lowest BCUT2D eigenvalue weighted by molar-refractivity contribution is -0.318. The van der Waals surface area contributed by atoms with Gasteiger partial charge >= 0.3 is 17.9 Å². The van der Waals surface area contributed by atoms with E-state index in [1.165, 1.54) is 27.0 Å². The minimum atomic E-state index is -1.47. The first-order valence-corrected chi connectivity index (χ1v) is 19.8. The Balaban J connectivity index is 2.07. The van der Waals surface area contributed by atoms with Crippen LogP contribution in [0.15, 0.2) is 29.2 Å².